The van der Waals surface area contributed by atoms with Crippen molar-refractivity contribution in [3.63, 3.8) is 0 Å². The van der Waals surface area contributed by atoms with E-state index in [1.165, 1.54) is 4.90 Å². The zero-order valence-electron chi connectivity index (χ0n) is 28.1. The van der Waals surface area contributed by atoms with Crippen LogP contribution in [0, 0.1) is 13.8 Å². The predicted octanol–water partition coefficient (Wildman–Crippen LogP) is 4.17. The second-order valence-electron chi connectivity index (χ2n) is 13.9. The average molecular weight is 637 g/mol. The Bertz CT molecular complexity index is 1420. The fraction of sp³-hybridized carbons (Fsp3) is 0.514. The minimum atomic E-state index is -1.39. The number of carbonyl (C=O) groups excluding carboxylic acids is 5. The molecular formula is C35H48N4O7. The topological polar surface area (TPSA) is 157 Å². The molecule has 2 aromatic rings. The lowest BCUT2D eigenvalue weighted by molar-refractivity contribution is -0.159. The standard InChI is InChI=1S/C35H48N4O7/c1-21-14-15-24(18-22(21)2)29(30(41)37-27(32(43)45-34(3,4)5)19-23-12-10-9-11-13-23)39(25-16-17-25)31(42)26(20-28(36)40)38-33(44)46-35(6,7)8/h9-15,18,25-27,29H,16-17,19-20H2,1-8H3,(H2,36,40)(H,37,41)(H,38,44). The van der Waals surface area contributed by atoms with Gasteiger partial charge in [-0.3, -0.25) is 14.4 Å². The number of nitrogens with one attached hydrogen (secondary N) is 2. The Labute approximate surface area is 271 Å². The summed E-state index contributed by atoms with van der Waals surface area (Å²) >= 11 is 0. The SMILES string of the molecule is Cc1ccc(C(C(=O)NC(Cc2ccccc2)C(=O)OC(C)(C)C)N(C(=O)C(CC(N)=O)NC(=O)OC(C)(C)C)C2CC2)cc1C. The molecule has 1 fully saturated rings. The molecule has 46 heavy (non-hydrogen) atoms. The number of nitrogens with zero attached hydrogens (tertiary/aromatic N) is 1. The summed E-state index contributed by atoms with van der Waals surface area (Å²) in [6.45, 7) is 14.1. The van der Waals surface area contributed by atoms with Gasteiger partial charge in [-0.15, -0.1) is 0 Å². The summed E-state index contributed by atoms with van der Waals surface area (Å²) in [6, 6.07) is 10.7. The van der Waals surface area contributed by atoms with Crippen LogP contribution in [-0.2, 0) is 35.1 Å². The number of ether oxygens (including phenoxy) is 2. The number of benzene rings is 2. The number of hydrogen-bond acceptors (Lipinski definition) is 7. The monoisotopic (exact) mass is 636 g/mol. The van der Waals surface area contributed by atoms with E-state index in [9.17, 15) is 24.0 Å². The smallest absolute Gasteiger partial charge is 0.408 e. The van der Waals surface area contributed by atoms with E-state index >= 15 is 0 Å². The Balaban J connectivity index is 2.06. The van der Waals surface area contributed by atoms with Gasteiger partial charge in [0.15, 0.2) is 0 Å². The Morgan fingerprint density at radius 1 is 0.848 bits per heavy atom. The van der Waals surface area contributed by atoms with Crippen molar-refractivity contribution in [2.45, 2.75) is 116 Å². The zero-order chi connectivity index (χ0) is 34.4. The van der Waals surface area contributed by atoms with Gasteiger partial charge < -0.3 is 30.7 Å². The molecule has 250 valence electrons. The quantitative estimate of drug-likeness (QED) is 0.295. The van der Waals surface area contributed by atoms with E-state index in [4.69, 9.17) is 15.2 Å². The van der Waals surface area contributed by atoms with Crippen molar-refractivity contribution in [2.75, 3.05) is 0 Å². The predicted molar refractivity (Wildman–Crippen MR) is 173 cm³/mol. The van der Waals surface area contributed by atoms with Gasteiger partial charge in [-0.1, -0.05) is 48.5 Å². The Morgan fingerprint density at radius 3 is 1.98 bits per heavy atom. The van der Waals surface area contributed by atoms with Crippen molar-refractivity contribution in [2.24, 2.45) is 5.73 Å². The molecule has 4 N–H and O–H groups in total. The van der Waals surface area contributed by atoms with Gasteiger partial charge in [-0.2, -0.15) is 0 Å². The lowest BCUT2D eigenvalue weighted by Crippen LogP contribution is -2.56. The molecule has 2 aromatic carbocycles. The van der Waals surface area contributed by atoms with Gasteiger partial charge in [0.1, 0.15) is 29.3 Å². The highest BCUT2D eigenvalue weighted by Crippen LogP contribution is 2.36. The van der Waals surface area contributed by atoms with Crippen LogP contribution in [0.25, 0.3) is 0 Å². The highest BCUT2D eigenvalue weighted by Gasteiger charge is 2.45. The van der Waals surface area contributed by atoms with Crippen LogP contribution in [0.5, 0.6) is 0 Å². The fourth-order valence-electron chi connectivity index (χ4n) is 4.94. The third-order valence-corrected chi connectivity index (χ3v) is 7.25. The molecule has 3 atom stereocenters. The molecule has 0 saturated heterocycles. The third kappa shape index (κ3) is 10.9. The number of nitrogens with two attached hydrogens (primary N) is 1. The van der Waals surface area contributed by atoms with Gasteiger partial charge in [0.25, 0.3) is 0 Å². The van der Waals surface area contributed by atoms with Crippen molar-refractivity contribution in [1.29, 1.82) is 0 Å². The van der Waals surface area contributed by atoms with Gasteiger partial charge in [-0.25, -0.2) is 9.59 Å². The normalized spacial score (nSPS) is 15.1. The second kappa shape index (κ2) is 14.8. The molecule has 1 saturated carbocycles. The van der Waals surface area contributed by atoms with Gasteiger partial charge in [0, 0.05) is 12.5 Å². The van der Waals surface area contributed by atoms with E-state index in [1.807, 2.05) is 56.3 Å². The van der Waals surface area contributed by atoms with Crippen LogP contribution >= 0.6 is 0 Å². The molecule has 0 bridgehead atoms. The number of esters is 1. The van der Waals surface area contributed by atoms with Crippen LogP contribution in [0.3, 0.4) is 0 Å². The van der Waals surface area contributed by atoms with E-state index in [2.05, 4.69) is 10.6 Å². The van der Waals surface area contributed by atoms with Crippen LogP contribution in [0.15, 0.2) is 48.5 Å². The van der Waals surface area contributed by atoms with Crippen LogP contribution in [0.2, 0.25) is 0 Å². The maximum atomic E-state index is 14.4. The zero-order valence-corrected chi connectivity index (χ0v) is 28.1. The number of primary amides is 1. The van der Waals surface area contributed by atoms with E-state index in [1.54, 1.807) is 47.6 Å². The molecule has 0 spiro atoms. The Kier molecular flexibility index (Phi) is 11.6. The second-order valence-corrected chi connectivity index (χ2v) is 13.9. The van der Waals surface area contributed by atoms with Gasteiger partial charge in [-0.05, 0) is 90.5 Å². The molecule has 0 radical (unpaired) electrons. The number of aryl methyl sites for hydroxylation is 2. The Hall–Kier alpha value is -4.41. The molecule has 3 unspecified atom stereocenters. The summed E-state index contributed by atoms with van der Waals surface area (Å²) in [5.74, 6) is -2.70. The molecule has 1 aliphatic rings. The van der Waals surface area contributed by atoms with E-state index in [0.29, 0.717) is 18.4 Å². The summed E-state index contributed by atoms with van der Waals surface area (Å²) in [7, 11) is 0. The number of rotatable bonds is 12. The number of carbonyl (C=O) groups is 5. The first-order chi connectivity index (χ1) is 21.3. The molecule has 0 aliphatic heterocycles. The largest absolute Gasteiger partial charge is 0.458 e. The lowest BCUT2D eigenvalue weighted by Gasteiger charge is -2.35. The summed E-state index contributed by atoms with van der Waals surface area (Å²) in [4.78, 5) is 68.4. The van der Waals surface area contributed by atoms with Crippen LogP contribution in [0.1, 0.15) is 89.1 Å². The number of hydrogen-bond donors (Lipinski definition) is 3. The summed E-state index contributed by atoms with van der Waals surface area (Å²) in [5, 5.41) is 5.37. The molecule has 11 heteroatoms. The van der Waals surface area contributed by atoms with Crippen LogP contribution in [-0.4, -0.2) is 64.0 Å². The first-order valence-electron chi connectivity index (χ1n) is 15.6. The minimum absolute atomic E-state index is 0.156. The van der Waals surface area contributed by atoms with Crippen LogP contribution < -0.4 is 16.4 Å². The molecular weight excluding hydrogens is 588 g/mol. The van der Waals surface area contributed by atoms with Gasteiger partial charge >= 0.3 is 12.1 Å². The number of amides is 4. The van der Waals surface area contributed by atoms with Gasteiger partial charge in [0.2, 0.25) is 17.7 Å². The van der Waals surface area contributed by atoms with Crippen molar-refractivity contribution < 1.29 is 33.4 Å². The summed E-state index contributed by atoms with van der Waals surface area (Å²) in [5.41, 5.74) is 7.03. The number of alkyl carbamates (subject to hydrolysis) is 1. The Morgan fingerprint density at radius 2 is 1.46 bits per heavy atom. The summed E-state index contributed by atoms with van der Waals surface area (Å²) < 4.78 is 11.0. The van der Waals surface area contributed by atoms with Crippen molar-refractivity contribution in [3.05, 3.63) is 70.8 Å². The van der Waals surface area contributed by atoms with Crippen molar-refractivity contribution in [3.8, 4) is 0 Å². The molecule has 11 nitrogen and oxygen atoms in total. The minimum Gasteiger partial charge on any atom is -0.458 e. The lowest BCUT2D eigenvalue weighted by atomic mass is 9.97. The molecule has 1 aliphatic carbocycles. The highest BCUT2D eigenvalue weighted by atomic mass is 16.6. The molecule has 3 rings (SSSR count). The van der Waals surface area contributed by atoms with Crippen molar-refractivity contribution in [1.82, 2.24) is 15.5 Å². The van der Waals surface area contributed by atoms with E-state index in [0.717, 1.165) is 16.7 Å². The molecule has 4 amide bonds. The first kappa shape index (κ1) is 36.1. The van der Waals surface area contributed by atoms with Crippen molar-refractivity contribution >= 4 is 29.8 Å². The summed E-state index contributed by atoms with van der Waals surface area (Å²) in [6.07, 6.45) is -0.0337. The molecule has 0 heterocycles. The van der Waals surface area contributed by atoms with E-state index < -0.39 is 65.5 Å². The average Bonchev–Trinajstić information content (AvgIpc) is 3.76. The van der Waals surface area contributed by atoms with E-state index in [-0.39, 0.29) is 12.5 Å². The molecule has 0 aromatic heterocycles. The fourth-order valence-corrected chi connectivity index (χ4v) is 4.94. The van der Waals surface area contributed by atoms with Crippen LogP contribution in [0.4, 0.5) is 4.79 Å². The maximum Gasteiger partial charge on any atom is 0.408 e. The first-order valence-corrected chi connectivity index (χ1v) is 15.6. The third-order valence-electron chi connectivity index (χ3n) is 7.25. The highest BCUT2D eigenvalue weighted by molar-refractivity contribution is 5.96. The van der Waals surface area contributed by atoms with Gasteiger partial charge in [0.05, 0.1) is 6.42 Å². The maximum absolute atomic E-state index is 14.4.